The molecule has 0 unspecified atom stereocenters. The molecule has 90 valence electrons. The van der Waals surface area contributed by atoms with E-state index in [1.54, 1.807) is 12.3 Å². The van der Waals surface area contributed by atoms with Gasteiger partial charge in [0.1, 0.15) is 11.9 Å². The van der Waals surface area contributed by atoms with Crippen LogP contribution in [0.15, 0.2) is 12.3 Å². The summed E-state index contributed by atoms with van der Waals surface area (Å²) in [6.45, 7) is 0.573. The predicted octanol–water partition coefficient (Wildman–Crippen LogP) is 0.887. The van der Waals surface area contributed by atoms with E-state index in [1.165, 1.54) is 6.42 Å². The topological polar surface area (TPSA) is 86.2 Å². The Morgan fingerprint density at radius 1 is 1.59 bits per heavy atom. The number of nitrogens with two attached hydrogens (primary N) is 1. The van der Waals surface area contributed by atoms with Crippen LogP contribution in [0.5, 0.6) is 0 Å². The van der Waals surface area contributed by atoms with Crippen molar-refractivity contribution in [2.75, 3.05) is 23.8 Å². The molecule has 1 aliphatic rings. The van der Waals surface area contributed by atoms with Crippen molar-refractivity contribution in [3.8, 4) is 6.07 Å². The summed E-state index contributed by atoms with van der Waals surface area (Å²) < 4.78 is 0. The number of nitrogens with zero attached hydrogens (tertiary/aromatic N) is 3. The van der Waals surface area contributed by atoms with Crippen molar-refractivity contribution >= 4 is 11.5 Å². The highest BCUT2D eigenvalue weighted by molar-refractivity contribution is 5.59. The number of aromatic nitrogens is 1. The summed E-state index contributed by atoms with van der Waals surface area (Å²) in [5.74, 6) is 0.639. The van der Waals surface area contributed by atoms with Crippen LogP contribution in [0.1, 0.15) is 24.8 Å². The Hall–Kier alpha value is -1.80. The summed E-state index contributed by atoms with van der Waals surface area (Å²) in [4.78, 5) is 6.25. The maximum atomic E-state index is 9.11. The number of hydrogen-bond donors (Lipinski definition) is 2. The van der Waals surface area contributed by atoms with Gasteiger partial charge in [0.05, 0.1) is 24.1 Å². The molecule has 1 fully saturated rings. The normalized spacial score (nSPS) is 15.1. The van der Waals surface area contributed by atoms with Crippen molar-refractivity contribution in [2.45, 2.75) is 25.3 Å². The van der Waals surface area contributed by atoms with Gasteiger partial charge in [-0.2, -0.15) is 5.26 Å². The van der Waals surface area contributed by atoms with Crippen molar-refractivity contribution in [1.29, 1.82) is 5.26 Å². The highest BCUT2D eigenvalue weighted by Crippen LogP contribution is 2.30. The number of aliphatic hydroxyl groups excluding tert-OH is 1. The lowest BCUT2D eigenvalue weighted by molar-refractivity contribution is 0.283. The average molecular weight is 232 g/mol. The van der Waals surface area contributed by atoms with E-state index in [-0.39, 0.29) is 6.61 Å². The van der Waals surface area contributed by atoms with Gasteiger partial charge in [0.15, 0.2) is 0 Å². The van der Waals surface area contributed by atoms with Crippen LogP contribution in [0.4, 0.5) is 11.5 Å². The third-order valence-electron chi connectivity index (χ3n) is 3.14. The molecule has 1 aromatic rings. The van der Waals surface area contributed by atoms with Gasteiger partial charge in [0, 0.05) is 12.6 Å². The second-order valence-corrected chi connectivity index (χ2v) is 4.25. The van der Waals surface area contributed by atoms with E-state index in [0.29, 0.717) is 29.7 Å². The summed E-state index contributed by atoms with van der Waals surface area (Å²) in [6, 6.07) is 4.14. The number of hydrogen-bond acceptors (Lipinski definition) is 5. The van der Waals surface area contributed by atoms with Gasteiger partial charge in [0.2, 0.25) is 0 Å². The van der Waals surface area contributed by atoms with Gasteiger partial charge in [0.25, 0.3) is 0 Å². The molecule has 5 nitrogen and oxygen atoms in total. The van der Waals surface area contributed by atoms with E-state index in [2.05, 4.69) is 11.1 Å². The van der Waals surface area contributed by atoms with E-state index in [4.69, 9.17) is 16.1 Å². The fourth-order valence-corrected chi connectivity index (χ4v) is 2.05. The van der Waals surface area contributed by atoms with Gasteiger partial charge in [-0.1, -0.05) is 0 Å². The maximum Gasteiger partial charge on any atom is 0.146 e. The molecule has 3 N–H and O–H groups in total. The molecule has 0 atom stereocenters. The Labute approximate surface area is 100 Å². The molecule has 1 aliphatic carbocycles. The van der Waals surface area contributed by atoms with Crippen molar-refractivity contribution in [1.82, 2.24) is 4.98 Å². The molecule has 0 aliphatic heterocycles. The quantitative estimate of drug-likeness (QED) is 0.805. The van der Waals surface area contributed by atoms with Crippen molar-refractivity contribution < 1.29 is 5.11 Å². The van der Waals surface area contributed by atoms with Crippen LogP contribution < -0.4 is 10.6 Å². The van der Waals surface area contributed by atoms with E-state index >= 15 is 0 Å². The average Bonchev–Trinajstić information content (AvgIpc) is 2.26. The molecule has 0 amide bonds. The Kier molecular flexibility index (Phi) is 3.45. The van der Waals surface area contributed by atoms with Crippen molar-refractivity contribution in [3.63, 3.8) is 0 Å². The van der Waals surface area contributed by atoms with Gasteiger partial charge in [-0.05, 0) is 25.3 Å². The monoisotopic (exact) mass is 232 g/mol. The van der Waals surface area contributed by atoms with Crippen LogP contribution in [-0.2, 0) is 0 Å². The smallest absolute Gasteiger partial charge is 0.146 e. The molecule has 0 aromatic carbocycles. The highest BCUT2D eigenvalue weighted by Gasteiger charge is 2.27. The van der Waals surface area contributed by atoms with Gasteiger partial charge < -0.3 is 15.7 Å². The van der Waals surface area contributed by atoms with Gasteiger partial charge in [-0.25, -0.2) is 4.98 Å². The van der Waals surface area contributed by atoms with Crippen LogP contribution in [0, 0.1) is 11.3 Å². The minimum Gasteiger partial charge on any atom is -0.397 e. The third-order valence-corrected chi connectivity index (χ3v) is 3.14. The zero-order valence-corrected chi connectivity index (χ0v) is 9.63. The second-order valence-electron chi connectivity index (χ2n) is 4.25. The van der Waals surface area contributed by atoms with Crippen LogP contribution in [0.25, 0.3) is 0 Å². The van der Waals surface area contributed by atoms with Gasteiger partial charge >= 0.3 is 0 Å². The SMILES string of the molecule is N#Cc1cc(N)cnc1N(CCO)C1CCC1. The van der Waals surface area contributed by atoms with E-state index in [9.17, 15) is 0 Å². The van der Waals surface area contributed by atoms with Gasteiger partial charge in [-0.3, -0.25) is 0 Å². The lowest BCUT2D eigenvalue weighted by atomic mass is 9.91. The molecule has 17 heavy (non-hydrogen) atoms. The summed E-state index contributed by atoms with van der Waals surface area (Å²) in [7, 11) is 0. The largest absolute Gasteiger partial charge is 0.397 e. The number of pyridine rings is 1. The zero-order valence-electron chi connectivity index (χ0n) is 9.63. The fourth-order valence-electron chi connectivity index (χ4n) is 2.05. The zero-order chi connectivity index (χ0) is 12.3. The van der Waals surface area contributed by atoms with E-state index in [0.717, 1.165) is 12.8 Å². The van der Waals surface area contributed by atoms with Gasteiger partial charge in [-0.15, -0.1) is 0 Å². The third kappa shape index (κ3) is 2.32. The van der Waals surface area contributed by atoms with Crippen molar-refractivity contribution in [3.05, 3.63) is 17.8 Å². The first-order chi connectivity index (χ1) is 8.26. The molecule has 5 heteroatoms. The molecular formula is C12H16N4O. The number of rotatable bonds is 4. The molecule has 0 bridgehead atoms. The number of nitriles is 1. The first kappa shape index (κ1) is 11.7. The molecule has 0 saturated heterocycles. The summed E-state index contributed by atoms with van der Waals surface area (Å²) in [5, 5.41) is 18.2. The Morgan fingerprint density at radius 3 is 2.88 bits per heavy atom. The minimum absolute atomic E-state index is 0.0629. The minimum atomic E-state index is 0.0629. The molecule has 0 spiro atoms. The first-order valence-corrected chi connectivity index (χ1v) is 5.79. The van der Waals surface area contributed by atoms with E-state index in [1.807, 2.05) is 4.90 Å². The lowest BCUT2D eigenvalue weighted by Gasteiger charge is -2.38. The lowest BCUT2D eigenvalue weighted by Crippen LogP contribution is -2.42. The Morgan fingerprint density at radius 2 is 2.35 bits per heavy atom. The van der Waals surface area contributed by atoms with E-state index < -0.39 is 0 Å². The Balaban J connectivity index is 2.31. The second kappa shape index (κ2) is 5.02. The summed E-state index contributed by atoms with van der Waals surface area (Å²) in [5.41, 5.74) is 6.58. The van der Waals surface area contributed by atoms with Crippen LogP contribution in [0.2, 0.25) is 0 Å². The molecule has 2 rings (SSSR count). The van der Waals surface area contributed by atoms with Crippen LogP contribution in [-0.4, -0.2) is 29.3 Å². The standard InChI is InChI=1S/C12H16N4O/c13-7-9-6-10(14)8-15-12(9)16(4-5-17)11-2-1-3-11/h6,8,11,17H,1-5,14H2. The fraction of sp³-hybridized carbons (Fsp3) is 0.500. The molecule has 1 aromatic heterocycles. The van der Waals surface area contributed by atoms with Crippen LogP contribution in [0.3, 0.4) is 0 Å². The van der Waals surface area contributed by atoms with Crippen LogP contribution >= 0.6 is 0 Å². The molecular weight excluding hydrogens is 216 g/mol. The molecule has 1 heterocycles. The van der Waals surface area contributed by atoms with Crippen molar-refractivity contribution in [2.24, 2.45) is 0 Å². The first-order valence-electron chi connectivity index (χ1n) is 5.79. The number of anilines is 2. The summed E-state index contributed by atoms with van der Waals surface area (Å²) >= 11 is 0. The maximum absolute atomic E-state index is 9.11. The highest BCUT2D eigenvalue weighted by atomic mass is 16.3. The summed E-state index contributed by atoms with van der Waals surface area (Å²) in [6.07, 6.45) is 4.94. The number of nitrogen functional groups attached to an aromatic ring is 1. The molecule has 0 radical (unpaired) electrons. The predicted molar refractivity (Wildman–Crippen MR) is 65.4 cm³/mol. The Bertz CT molecular complexity index is 437. The molecule has 1 saturated carbocycles. The number of aliphatic hydroxyl groups is 1.